The highest BCUT2D eigenvalue weighted by molar-refractivity contribution is 7.98. The average molecular weight is 261 g/mol. The molecule has 0 bridgehead atoms. The minimum Gasteiger partial charge on any atom is -0.398 e. The number of anilines is 1. The first-order valence-corrected chi connectivity index (χ1v) is 7.20. The Labute approximate surface area is 112 Å². The number of thioether (sulfide) groups is 1. The number of nitrogens with two attached hydrogens (primary N) is 1. The zero-order chi connectivity index (χ0) is 13.0. The van der Waals surface area contributed by atoms with Gasteiger partial charge in [0.15, 0.2) is 0 Å². The number of rotatable bonds is 5. The first-order valence-electron chi connectivity index (χ1n) is 6.22. The van der Waals surface area contributed by atoms with Crippen LogP contribution in [0.2, 0.25) is 0 Å². The molecule has 18 heavy (non-hydrogen) atoms. The normalized spacial score (nSPS) is 12.6. The Bertz CT molecular complexity index is 507. The molecule has 0 amide bonds. The van der Waals surface area contributed by atoms with E-state index < -0.39 is 0 Å². The van der Waals surface area contributed by atoms with Gasteiger partial charge >= 0.3 is 0 Å². The topological polar surface area (TPSA) is 43.8 Å². The summed E-state index contributed by atoms with van der Waals surface area (Å²) in [6, 6.07) is 10.5. The number of nitrogen functional groups attached to an aromatic ring is 1. The number of nitrogens with zero attached hydrogens (tertiary/aromatic N) is 2. The van der Waals surface area contributed by atoms with Crippen LogP contribution in [0.1, 0.15) is 32.0 Å². The van der Waals surface area contributed by atoms with Crippen molar-refractivity contribution in [3.8, 4) is 0 Å². The molecule has 1 aromatic carbocycles. The highest BCUT2D eigenvalue weighted by Gasteiger charge is 2.06. The van der Waals surface area contributed by atoms with E-state index in [0.717, 1.165) is 28.5 Å². The number of para-hydroxylation sites is 1. The third-order valence-corrected chi connectivity index (χ3v) is 4.12. The smallest absolute Gasteiger partial charge is 0.0727 e. The largest absolute Gasteiger partial charge is 0.398 e. The Kier molecular flexibility index (Phi) is 4.31. The molecule has 0 aliphatic rings. The van der Waals surface area contributed by atoms with Crippen molar-refractivity contribution in [3.63, 3.8) is 0 Å². The minimum atomic E-state index is 0.463. The number of hydrogen-bond acceptors (Lipinski definition) is 3. The first kappa shape index (κ1) is 13.0. The molecule has 4 heteroatoms. The predicted molar refractivity (Wildman–Crippen MR) is 77.6 cm³/mol. The van der Waals surface area contributed by atoms with E-state index in [-0.39, 0.29) is 0 Å². The molecule has 96 valence electrons. The Morgan fingerprint density at radius 3 is 2.83 bits per heavy atom. The molecule has 2 aromatic rings. The van der Waals surface area contributed by atoms with Crippen LogP contribution < -0.4 is 5.73 Å². The van der Waals surface area contributed by atoms with Gasteiger partial charge in [-0.3, -0.25) is 4.68 Å². The van der Waals surface area contributed by atoms with E-state index in [9.17, 15) is 0 Å². The summed E-state index contributed by atoms with van der Waals surface area (Å²) in [5, 5.41) is 4.58. The minimum absolute atomic E-state index is 0.463. The van der Waals surface area contributed by atoms with Gasteiger partial charge in [-0.1, -0.05) is 19.1 Å². The van der Waals surface area contributed by atoms with Crippen LogP contribution in [0.3, 0.4) is 0 Å². The maximum Gasteiger partial charge on any atom is 0.0727 e. The lowest BCUT2D eigenvalue weighted by Gasteiger charge is -2.08. The van der Waals surface area contributed by atoms with Gasteiger partial charge in [0, 0.05) is 28.6 Å². The summed E-state index contributed by atoms with van der Waals surface area (Å²) < 4.78 is 2.03. The molecule has 2 N–H and O–H groups in total. The average Bonchev–Trinajstić information content (AvgIpc) is 2.86. The van der Waals surface area contributed by atoms with Crippen LogP contribution in [0, 0.1) is 0 Å². The quantitative estimate of drug-likeness (QED) is 0.659. The molecule has 1 atom stereocenters. The van der Waals surface area contributed by atoms with E-state index >= 15 is 0 Å². The summed E-state index contributed by atoms with van der Waals surface area (Å²) >= 11 is 1.73. The van der Waals surface area contributed by atoms with Crippen LogP contribution in [0.25, 0.3) is 0 Å². The summed E-state index contributed by atoms with van der Waals surface area (Å²) in [5.74, 6) is 0.859. The predicted octanol–water partition coefficient (Wildman–Crippen LogP) is 3.73. The van der Waals surface area contributed by atoms with Crippen LogP contribution in [0.15, 0.2) is 41.4 Å². The SMILES string of the molecule is CCC(C)n1ccc(CSc2ccccc2N)n1. The van der Waals surface area contributed by atoms with Gasteiger partial charge in [-0.05, 0) is 31.5 Å². The third kappa shape index (κ3) is 3.07. The molecule has 0 saturated carbocycles. The maximum atomic E-state index is 5.91. The van der Waals surface area contributed by atoms with Gasteiger partial charge in [0.05, 0.1) is 5.69 Å². The van der Waals surface area contributed by atoms with Crippen molar-refractivity contribution < 1.29 is 0 Å². The summed E-state index contributed by atoms with van der Waals surface area (Å²) in [7, 11) is 0. The second-order valence-electron chi connectivity index (χ2n) is 4.37. The highest BCUT2D eigenvalue weighted by Crippen LogP contribution is 2.27. The fourth-order valence-electron chi connectivity index (χ4n) is 1.65. The second kappa shape index (κ2) is 5.96. The van der Waals surface area contributed by atoms with E-state index in [4.69, 9.17) is 5.73 Å². The van der Waals surface area contributed by atoms with Crippen LogP contribution in [-0.2, 0) is 5.75 Å². The first-order chi connectivity index (χ1) is 8.70. The van der Waals surface area contributed by atoms with E-state index in [2.05, 4.69) is 31.2 Å². The standard InChI is InChI=1S/C14H19N3S/c1-3-11(2)17-9-8-12(16-17)10-18-14-7-5-4-6-13(14)15/h4-9,11H,3,10,15H2,1-2H3. The molecule has 0 spiro atoms. The van der Waals surface area contributed by atoms with E-state index in [1.54, 1.807) is 11.8 Å². The van der Waals surface area contributed by atoms with Crippen molar-refractivity contribution in [1.29, 1.82) is 0 Å². The Balaban J connectivity index is 1.98. The molecular weight excluding hydrogens is 242 g/mol. The summed E-state index contributed by atoms with van der Waals surface area (Å²) in [6.07, 6.45) is 3.15. The van der Waals surface area contributed by atoms with Crippen LogP contribution in [-0.4, -0.2) is 9.78 Å². The van der Waals surface area contributed by atoms with Gasteiger partial charge in [-0.15, -0.1) is 11.8 Å². The van der Waals surface area contributed by atoms with Gasteiger partial charge in [-0.25, -0.2) is 0 Å². The van der Waals surface area contributed by atoms with E-state index in [1.165, 1.54) is 0 Å². The van der Waals surface area contributed by atoms with Crippen molar-refractivity contribution in [3.05, 3.63) is 42.2 Å². The molecule has 1 aromatic heterocycles. The van der Waals surface area contributed by atoms with E-state index in [1.807, 2.05) is 28.9 Å². The number of hydrogen-bond donors (Lipinski definition) is 1. The van der Waals surface area contributed by atoms with Crippen molar-refractivity contribution in [2.24, 2.45) is 0 Å². The lowest BCUT2D eigenvalue weighted by Crippen LogP contribution is -2.04. The fourth-order valence-corrected chi connectivity index (χ4v) is 2.52. The van der Waals surface area contributed by atoms with Crippen molar-refractivity contribution >= 4 is 17.4 Å². The Morgan fingerprint density at radius 1 is 1.33 bits per heavy atom. The second-order valence-corrected chi connectivity index (χ2v) is 5.39. The fraction of sp³-hybridized carbons (Fsp3) is 0.357. The van der Waals surface area contributed by atoms with Crippen LogP contribution >= 0.6 is 11.8 Å². The summed E-state index contributed by atoms with van der Waals surface area (Å²) in [4.78, 5) is 1.12. The third-order valence-electron chi connectivity index (χ3n) is 3.00. The molecule has 1 heterocycles. The zero-order valence-corrected chi connectivity index (χ0v) is 11.7. The Hall–Kier alpha value is -1.42. The van der Waals surface area contributed by atoms with Crippen molar-refractivity contribution in [1.82, 2.24) is 9.78 Å². The lowest BCUT2D eigenvalue weighted by atomic mass is 10.3. The molecule has 2 rings (SSSR count). The van der Waals surface area contributed by atoms with Gasteiger partial charge in [0.1, 0.15) is 0 Å². The molecule has 0 aliphatic carbocycles. The number of benzene rings is 1. The highest BCUT2D eigenvalue weighted by atomic mass is 32.2. The summed E-state index contributed by atoms with van der Waals surface area (Å²) in [6.45, 7) is 4.35. The van der Waals surface area contributed by atoms with Crippen LogP contribution in [0.5, 0.6) is 0 Å². The van der Waals surface area contributed by atoms with Crippen LogP contribution in [0.4, 0.5) is 5.69 Å². The van der Waals surface area contributed by atoms with Gasteiger partial charge in [-0.2, -0.15) is 5.10 Å². The summed E-state index contributed by atoms with van der Waals surface area (Å²) in [5.41, 5.74) is 7.85. The molecule has 0 radical (unpaired) electrons. The molecular formula is C14H19N3S. The lowest BCUT2D eigenvalue weighted by molar-refractivity contribution is 0.475. The van der Waals surface area contributed by atoms with Gasteiger partial charge in [0.2, 0.25) is 0 Å². The molecule has 0 saturated heterocycles. The van der Waals surface area contributed by atoms with Gasteiger partial charge in [0.25, 0.3) is 0 Å². The van der Waals surface area contributed by atoms with E-state index in [0.29, 0.717) is 6.04 Å². The van der Waals surface area contributed by atoms with Crippen molar-refractivity contribution in [2.75, 3.05) is 5.73 Å². The Morgan fingerprint density at radius 2 is 2.11 bits per heavy atom. The van der Waals surface area contributed by atoms with Crippen molar-refractivity contribution in [2.45, 2.75) is 37.0 Å². The molecule has 0 fully saturated rings. The molecule has 0 aliphatic heterocycles. The molecule has 3 nitrogen and oxygen atoms in total. The maximum absolute atomic E-state index is 5.91. The number of aromatic nitrogens is 2. The monoisotopic (exact) mass is 261 g/mol. The zero-order valence-electron chi connectivity index (χ0n) is 10.8. The molecule has 1 unspecified atom stereocenters. The van der Waals surface area contributed by atoms with Gasteiger partial charge < -0.3 is 5.73 Å².